The molecule has 1 aliphatic carbocycles. The first-order chi connectivity index (χ1) is 7.70. The van der Waals surface area contributed by atoms with Gasteiger partial charge in [-0.05, 0) is 37.8 Å². The Labute approximate surface area is 96.7 Å². The molecule has 16 heavy (non-hydrogen) atoms. The van der Waals surface area contributed by atoms with Crippen LogP contribution in [0.1, 0.15) is 25.0 Å². The Balaban J connectivity index is 2.16. The van der Waals surface area contributed by atoms with Crippen LogP contribution in [0.5, 0.6) is 0 Å². The lowest BCUT2D eigenvalue weighted by molar-refractivity contribution is 0.688. The number of benzene rings is 1. The predicted molar refractivity (Wildman–Crippen MR) is 67.2 cm³/mol. The first-order valence-corrected chi connectivity index (χ1v) is 5.81. The maximum atomic E-state index is 5.55. The summed E-state index contributed by atoms with van der Waals surface area (Å²) in [5, 5.41) is 0. The largest absolute Gasteiger partial charge is 0.312 e. The molecule has 0 unspecified atom stereocenters. The molecule has 1 aromatic carbocycles. The van der Waals surface area contributed by atoms with E-state index in [0.29, 0.717) is 5.92 Å². The minimum absolute atomic E-state index is 0.287. The average molecular weight is 217 g/mol. The second-order valence-corrected chi connectivity index (χ2v) is 4.63. The molecule has 0 aliphatic heterocycles. The van der Waals surface area contributed by atoms with Gasteiger partial charge in [-0.15, -0.1) is 0 Å². The maximum Gasteiger partial charge on any atom is 0.114 e. The minimum atomic E-state index is 0.287. The maximum absolute atomic E-state index is 5.55. The van der Waals surface area contributed by atoms with Crippen molar-refractivity contribution < 1.29 is 0 Å². The summed E-state index contributed by atoms with van der Waals surface area (Å²) in [6.07, 6.45) is 2.10. The monoisotopic (exact) mass is 217 g/mol. The molecule has 0 radical (unpaired) electrons. The van der Waals surface area contributed by atoms with Crippen molar-refractivity contribution in [2.45, 2.75) is 32.7 Å². The zero-order valence-corrected chi connectivity index (χ0v) is 9.90. The molecule has 1 aliphatic rings. The number of hydrazine groups is 1. The van der Waals surface area contributed by atoms with Crippen LogP contribution >= 0.6 is 0 Å². The molecule has 1 aromatic rings. The van der Waals surface area contributed by atoms with Crippen LogP contribution in [0, 0.1) is 5.92 Å². The van der Waals surface area contributed by atoms with Crippen molar-refractivity contribution in [2.24, 2.45) is 16.8 Å². The smallest absolute Gasteiger partial charge is 0.114 e. The Morgan fingerprint density at radius 2 is 1.88 bits per heavy atom. The lowest BCUT2D eigenvalue weighted by Gasteiger charge is -2.13. The Kier molecular flexibility index (Phi) is 3.25. The second kappa shape index (κ2) is 4.66. The molecular formula is C13H19N3. The van der Waals surface area contributed by atoms with E-state index in [1.807, 2.05) is 0 Å². The highest BCUT2D eigenvalue weighted by Crippen LogP contribution is 2.26. The third-order valence-electron chi connectivity index (χ3n) is 2.98. The summed E-state index contributed by atoms with van der Waals surface area (Å²) in [4.78, 5) is 4.54. The molecule has 0 bridgehead atoms. The van der Waals surface area contributed by atoms with Crippen LogP contribution in [-0.4, -0.2) is 11.9 Å². The number of nitrogens with zero attached hydrogens (tertiary/aromatic N) is 1. The van der Waals surface area contributed by atoms with Crippen LogP contribution in [0.4, 0.5) is 0 Å². The molecule has 0 spiro atoms. The number of hydrogen-bond donors (Lipinski definition) is 2. The van der Waals surface area contributed by atoms with Crippen molar-refractivity contribution in [2.75, 3.05) is 0 Å². The summed E-state index contributed by atoms with van der Waals surface area (Å²) in [7, 11) is 0. The van der Waals surface area contributed by atoms with Gasteiger partial charge in [-0.25, -0.2) is 5.84 Å². The summed E-state index contributed by atoms with van der Waals surface area (Å²) in [5.74, 6) is 6.91. The van der Waals surface area contributed by atoms with Gasteiger partial charge in [0.15, 0.2) is 0 Å². The SMILES string of the molecule is CC(C)N=C(NN)C1Cc2ccccc2C1. The fourth-order valence-electron chi connectivity index (χ4n) is 2.29. The van der Waals surface area contributed by atoms with E-state index in [0.717, 1.165) is 18.7 Å². The van der Waals surface area contributed by atoms with E-state index in [2.05, 4.69) is 48.5 Å². The van der Waals surface area contributed by atoms with Crippen LogP contribution in [0.25, 0.3) is 0 Å². The average Bonchev–Trinajstić information content (AvgIpc) is 2.68. The highest BCUT2D eigenvalue weighted by atomic mass is 15.3. The minimum Gasteiger partial charge on any atom is -0.312 e. The summed E-state index contributed by atoms with van der Waals surface area (Å²) >= 11 is 0. The zero-order valence-electron chi connectivity index (χ0n) is 9.90. The highest BCUT2D eigenvalue weighted by Gasteiger charge is 2.25. The number of amidine groups is 1. The van der Waals surface area contributed by atoms with Crippen LogP contribution in [0.15, 0.2) is 29.3 Å². The Hall–Kier alpha value is -1.35. The molecular weight excluding hydrogens is 198 g/mol. The van der Waals surface area contributed by atoms with Crippen molar-refractivity contribution in [3.05, 3.63) is 35.4 Å². The van der Waals surface area contributed by atoms with Crippen molar-refractivity contribution in [1.29, 1.82) is 0 Å². The molecule has 0 heterocycles. The molecule has 2 rings (SSSR count). The van der Waals surface area contributed by atoms with Gasteiger partial charge in [0, 0.05) is 12.0 Å². The van der Waals surface area contributed by atoms with Gasteiger partial charge >= 0.3 is 0 Å². The fraction of sp³-hybridized carbons (Fsp3) is 0.462. The van der Waals surface area contributed by atoms with Gasteiger partial charge < -0.3 is 5.43 Å². The van der Waals surface area contributed by atoms with Gasteiger partial charge in [-0.3, -0.25) is 4.99 Å². The van der Waals surface area contributed by atoms with Gasteiger partial charge in [-0.1, -0.05) is 24.3 Å². The summed E-state index contributed by atoms with van der Waals surface area (Å²) < 4.78 is 0. The molecule has 3 nitrogen and oxygen atoms in total. The van der Waals surface area contributed by atoms with Crippen molar-refractivity contribution >= 4 is 5.84 Å². The molecule has 0 atom stereocenters. The summed E-state index contributed by atoms with van der Waals surface area (Å²) in [5.41, 5.74) is 5.62. The Morgan fingerprint density at radius 1 is 1.31 bits per heavy atom. The molecule has 0 fully saturated rings. The molecule has 86 valence electrons. The van der Waals surface area contributed by atoms with Crippen molar-refractivity contribution in [3.63, 3.8) is 0 Å². The zero-order chi connectivity index (χ0) is 11.5. The number of hydrogen-bond acceptors (Lipinski definition) is 2. The van der Waals surface area contributed by atoms with Gasteiger partial charge in [0.1, 0.15) is 5.84 Å². The number of nitrogens with two attached hydrogens (primary N) is 1. The van der Waals surface area contributed by atoms with E-state index in [1.54, 1.807) is 0 Å². The number of fused-ring (bicyclic) bond motifs is 1. The summed E-state index contributed by atoms with van der Waals surface area (Å²) in [6, 6.07) is 8.86. The number of nitrogens with one attached hydrogen (secondary N) is 1. The molecule has 0 aromatic heterocycles. The van der Waals surface area contributed by atoms with E-state index in [1.165, 1.54) is 11.1 Å². The van der Waals surface area contributed by atoms with Gasteiger partial charge in [0.05, 0.1) is 0 Å². The van der Waals surface area contributed by atoms with Crippen LogP contribution < -0.4 is 11.3 Å². The van der Waals surface area contributed by atoms with E-state index in [4.69, 9.17) is 5.84 Å². The van der Waals surface area contributed by atoms with Crippen molar-refractivity contribution in [3.8, 4) is 0 Å². The normalized spacial score (nSPS) is 16.6. The fourth-order valence-corrected chi connectivity index (χ4v) is 2.29. The number of rotatable bonds is 2. The quantitative estimate of drug-likeness (QED) is 0.343. The standard InChI is InChI=1S/C13H19N3/c1-9(2)15-13(16-14)12-7-10-5-3-4-6-11(10)8-12/h3-6,9,12H,7-8,14H2,1-2H3,(H,15,16). The van der Waals surface area contributed by atoms with Crippen LogP contribution in [0.2, 0.25) is 0 Å². The van der Waals surface area contributed by atoms with Gasteiger partial charge in [0.2, 0.25) is 0 Å². The van der Waals surface area contributed by atoms with E-state index < -0.39 is 0 Å². The van der Waals surface area contributed by atoms with Crippen LogP contribution in [0.3, 0.4) is 0 Å². The van der Waals surface area contributed by atoms with E-state index >= 15 is 0 Å². The Bertz CT molecular complexity index is 371. The third-order valence-corrected chi connectivity index (χ3v) is 2.98. The first-order valence-electron chi connectivity index (χ1n) is 5.81. The molecule has 3 N–H and O–H groups in total. The first kappa shape index (κ1) is 11.1. The van der Waals surface area contributed by atoms with Crippen LogP contribution in [-0.2, 0) is 12.8 Å². The molecule has 0 amide bonds. The Morgan fingerprint density at radius 3 is 2.31 bits per heavy atom. The summed E-state index contributed by atoms with van der Waals surface area (Å²) in [6.45, 7) is 4.14. The topological polar surface area (TPSA) is 50.4 Å². The van der Waals surface area contributed by atoms with Crippen molar-refractivity contribution in [1.82, 2.24) is 5.43 Å². The predicted octanol–water partition coefficient (Wildman–Crippen LogP) is 1.67. The van der Waals surface area contributed by atoms with Gasteiger partial charge in [0.25, 0.3) is 0 Å². The van der Waals surface area contributed by atoms with E-state index in [9.17, 15) is 0 Å². The molecule has 0 saturated heterocycles. The lowest BCUT2D eigenvalue weighted by atomic mass is 10.1. The van der Waals surface area contributed by atoms with E-state index in [-0.39, 0.29) is 6.04 Å². The lowest BCUT2D eigenvalue weighted by Crippen LogP contribution is -2.37. The third kappa shape index (κ3) is 2.25. The molecule has 3 heteroatoms. The number of aliphatic imine (C=N–C) groups is 1. The second-order valence-electron chi connectivity index (χ2n) is 4.63. The highest BCUT2D eigenvalue weighted by molar-refractivity contribution is 5.85. The van der Waals surface area contributed by atoms with Gasteiger partial charge in [-0.2, -0.15) is 0 Å². The molecule has 0 saturated carbocycles.